The molecule has 0 aromatic rings. The zero-order chi connectivity index (χ0) is 13.8. The summed E-state index contributed by atoms with van der Waals surface area (Å²) >= 11 is 0. The minimum absolute atomic E-state index is 0.0702. The van der Waals surface area contributed by atoms with Gasteiger partial charge in [0.2, 0.25) is 10.0 Å². The highest BCUT2D eigenvalue weighted by molar-refractivity contribution is 7.92. The van der Waals surface area contributed by atoms with Crippen LogP contribution >= 0.6 is 0 Å². The Labute approximate surface area is 107 Å². The highest BCUT2D eigenvalue weighted by atomic mass is 32.2. The van der Waals surface area contributed by atoms with Crippen LogP contribution in [0.2, 0.25) is 0 Å². The lowest BCUT2D eigenvalue weighted by atomic mass is 10.2. The van der Waals surface area contributed by atoms with Crippen LogP contribution in [0.5, 0.6) is 0 Å². The lowest BCUT2D eigenvalue weighted by Gasteiger charge is -2.24. The number of methoxy groups -OCH3 is 1. The van der Waals surface area contributed by atoms with Crippen molar-refractivity contribution in [3.63, 3.8) is 0 Å². The molecule has 1 unspecified atom stereocenters. The first kappa shape index (κ1) is 15.8. The van der Waals surface area contributed by atoms with Gasteiger partial charge in [-0.2, -0.15) is 0 Å². The molecule has 1 atom stereocenters. The summed E-state index contributed by atoms with van der Waals surface area (Å²) in [5.74, 6) is -0.209. The van der Waals surface area contributed by atoms with Crippen molar-refractivity contribution >= 4 is 19.9 Å². The van der Waals surface area contributed by atoms with E-state index < -0.39 is 31.2 Å². The molecule has 0 saturated carbocycles. The minimum Gasteiger partial charge on any atom is -0.395 e. The summed E-state index contributed by atoms with van der Waals surface area (Å²) in [6.07, 6.45) is 0.200. The Hall–Kier alpha value is -0.220. The first-order valence-electron chi connectivity index (χ1n) is 5.62. The number of ether oxygens (including phenoxy) is 1. The number of hydrogen-bond acceptors (Lipinski definition) is 6. The van der Waals surface area contributed by atoms with Crippen molar-refractivity contribution in [3.05, 3.63) is 0 Å². The smallest absolute Gasteiger partial charge is 0.214 e. The highest BCUT2D eigenvalue weighted by Crippen LogP contribution is 2.18. The second kappa shape index (κ2) is 6.29. The number of aliphatic hydroxyl groups is 1. The number of sulfone groups is 1. The van der Waals surface area contributed by atoms with E-state index in [0.717, 1.165) is 0 Å². The highest BCUT2D eigenvalue weighted by Gasteiger charge is 2.33. The molecule has 0 bridgehead atoms. The topological polar surface area (TPSA) is 110 Å². The molecule has 1 heterocycles. The van der Waals surface area contributed by atoms with Crippen LogP contribution < -0.4 is 4.72 Å². The van der Waals surface area contributed by atoms with Crippen LogP contribution in [0.15, 0.2) is 0 Å². The van der Waals surface area contributed by atoms with E-state index in [0.29, 0.717) is 0 Å². The average Bonchev–Trinajstić information content (AvgIpc) is 2.27. The van der Waals surface area contributed by atoms with E-state index in [1.54, 1.807) is 0 Å². The lowest BCUT2D eigenvalue weighted by Crippen LogP contribution is -2.47. The number of hydrogen-bond donors (Lipinski definition) is 2. The van der Waals surface area contributed by atoms with Gasteiger partial charge in [-0.3, -0.25) is 0 Å². The van der Waals surface area contributed by atoms with Gasteiger partial charge in [0.15, 0.2) is 0 Å². The fourth-order valence-corrected chi connectivity index (χ4v) is 5.28. The third-order valence-corrected chi connectivity index (χ3v) is 6.59. The standard InChI is InChI=1S/C9H19NO6S2/c1-16-7-8(6-11)10-18(14,15)9-2-4-17(12,13)5-3-9/h8-11H,2-7H2,1H3. The minimum atomic E-state index is -3.62. The van der Waals surface area contributed by atoms with Gasteiger partial charge in [0, 0.05) is 7.11 Å². The third-order valence-electron chi connectivity index (χ3n) is 2.86. The maximum absolute atomic E-state index is 12.0. The van der Waals surface area contributed by atoms with Crippen molar-refractivity contribution in [2.45, 2.75) is 24.1 Å². The fraction of sp³-hybridized carbons (Fsp3) is 1.00. The van der Waals surface area contributed by atoms with Crippen LogP contribution in [0.4, 0.5) is 0 Å². The van der Waals surface area contributed by atoms with Crippen molar-refractivity contribution in [1.82, 2.24) is 4.72 Å². The Morgan fingerprint density at radius 2 is 1.94 bits per heavy atom. The largest absolute Gasteiger partial charge is 0.395 e. The molecule has 0 spiro atoms. The monoisotopic (exact) mass is 301 g/mol. The van der Waals surface area contributed by atoms with Gasteiger partial charge in [0.1, 0.15) is 9.84 Å². The molecule has 0 aliphatic carbocycles. The Kier molecular flexibility index (Phi) is 5.53. The third kappa shape index (κ3) is 4.47. The van der Waals surface area contributed by atoms with Crippen LogP contribution in [0.25, 0.3) is 0 Å². The van der Waals surface area contributed by atoms with E-state index in [-0.39, 0.29) is 37.6 Å². The van der Waals surface area contributed by atoms with Gasteiger partial charge in [-0.15, -0.1) is 0 Å². The van der Waals surface area contributed by atoms with E-state index >= 15 is 0 Å². The van der Waals surface area contributed by atoms with Crippen LogP contribution in [0.3, 0.4) is 0 Å². The molecule has 7 nitrogen and oxygen atoms in total. The van der Waals surface area contributed by atoms with E-state index in [1.165, 1.54) is 7.11 Å². The zero-order valence-electron chi connectivity index (χ0n) is 10.2. The van der Waals surface area contributed by atoms with Crippen molar-refractivity contribution in [2.24, 2.45) is 0 Å². The maximum Gasteiger partial charge on any atom is 0.214 e. The number of nitrogens with one attached hydrogen (secondary N) is 1. The fourth-order valence-electron chi connectivity index (χ4n) is 1.83. The average molecular weight is 301 g/mol. The molecule has 1 aliphatic heterocycles. The van der Waals surface area contributed by atoms with Crippen LogP contribution in [-0.4, -0.2) is 65.1 Å². The lowest BCUT2D eigenvalue weighted by molar-refractivity contribution is 0.139. The zero-order valence-corrected chi connectivity index (χ0v) is 11.8. The quantitative estimate of drug-likeness (QED) is 0.617. The van der Waals surface area contributed by atoms with Gasteiger partial charge in [-0.05, 0) is 12.8 Å². The van der Waals surface area contributed by atoms with E-state index in [9.17, 15) is 16.8 Å². The van der Waals surface area contributed by atoms with E-state index in [2.05, 4.69) is 4.72 Å². The summed E-state index contributed by atoms with van der Waals surface area (Å²) in [5, 5.41) is 8.28. The summed E-state index contributed by atoms with van der Waals surface area (Å²) in [7, 11) is -5.30. The molecular weight excluding hydrogens is 282 g/mol. The van der Waals surface area contributed by atoms with Crippen LogP contribution in [0, 0.1) is 0 Å². The van der Waals surface area contributed by atoms with Crippen molar-refractivity contribution in [3.8, 4) is 0 Å². The first-order valence-corrected chi connectivity index (χ1v) is 8.99. The molecule has 1 rings (SSSR count). The summed E-state index contributed by atoms with van der Waals surface area (Å²) in [6, 6.07) is -0.696. The van der Waals surface area contributed by atoms with Gasteiger partial charge in [-0.25, -0.2) is 21.6 Å². The number of rotatable bonds is 6. The van der Waals surface area contributed by atoms with E-state index in [4.69, 9.17) is 9.84 Å². The molecule has 0 aromatic carbocycles. The molecule has 0 amide bonds. The Morgan fingerprint density at radius 1 is 1.39 bits per heavy atom. The second-order valence-corrected chi connectivity index (χ2v) is 8.64. The molecule has 18 heavy (non-hydrogen) atoms. The van der Waals surface area contributed by atoms with Gasteiger partial charge >= 0.3 is 0 Å². The predicted molar refractivity (Wildman–Crippen MR) is 66.5 cm³/mol. The molecule has 0 aromatic heterocycles. The molecule has 1 aliphatic rings. The van der Waals surface area contributed by atoms with Crippen LogP contribution in [-0.2, 0) is 24.6 Å². The summed E-state index contributed by atoms with van der Waals surface area (Å²) in [6.45, 7) is -0.293. The van der Waals surface area contributed by atoms with Crippen molar-refractivity contribution < 1.29 is 26.7 Å². The molecule has 2 N–H and O–H groups in total. The summed E-state index contributed by atoms with van der Waals surface area (Å²) < 4.78 is 53.5. The van der Waals surface area contributed by atoms with Gasteiger partial charge < -0.3 is 9.84 Å². The first-order chi connectivity index (χ1) is 8.30. The Balaban J connectivity index is 2.64. The van der Waals surface area contributed by atoms with Gasteiger partial charge in [-0.1, -0.05) is 0 Å². The molecule has 108 valence electrons. The second-order valence-electron chi connectivity index (χ2n) is 4.35. The van der Waals surface area contributed by atoms with Crippen molar-refractivity contribution in [1.29, 1.82) is 0 Å². The van der Waals surface area contributed by atoms with Gasteiger partial charge in [0.25, 0.3) is 0 Å². The Bertz CT molecular complexity index is 443. The molecule has 1 saturated heterocycles. The molecule has 0 radical (unpaired) electrons. The van der Waals surface area contributed by atoms with Crippen LogP contribution in [0.1, 0.15) is 12.8 Å². The van der Waals surface area contributed by atoms with Crippen molar-refractivity contribution in [2.75, 3.05) is 31.8 Å². The maximum atomic E-state index is 12.0. The molecular formula is C9H19NO6S2. The summed E-state index contributed by atoms with van der Waals surface area (Å²) in [5.41, 5.74) is 0. The normalized spacial score (nSPS) is 22.8. The Morgan fingerprint density at radius 3 is 2.39 bits per heavy atom. The van der Waals surface area contributed by atoms with E-state index in [1.807, 2.05) is 0 Å². The molecule has 1 fully saturated rings. The number of aliphatic hydroxyl groups excluding tert-OH is 1. The number of sulfonamides is 1. The van der Waals surface area contributed by atoms with Gasteiger partial charge in [0.05, 0.1) is 36.0 Å². The molecule has 9 heteroatoms. The summed E-state index contributed by atoms with van der Waals surface area (Å²) in [4.78, 5) is 0. The SMILES string of the molecule is COCC(CO)NS(=O)(=O)C1CCS(=O)(=O)CC1. The predicted octanol–water partition coefficient (Wildman–Crippen LogP) is -1.51.